The van der Waals surface area contributed by atoms with Gasteiger partial charge in [-0.2, -0.15) is 5.10 Å². The Kier molecular flexibility index (Phi) is 8.46. The number of ether oxygens (including phenoxy) is 2. The zero-order chi connectivity index (χ0) is 28.1. The summed E-state index contributed by atoms with van der Waals surface area (Å²) in [4.78, 5) is 12.9. The second kappa shape index (κ2) is 12.2. The molecule has 0 amide bonds. The van der Waals surface area contributed by atoms with Crippen molar-refractivity contribution in [3.8, 4) is 11.5 Å². The van der Waals surface area contributed by atoms with Gasteiger partial charge in [0.2, 0.25) is 5.75 Å². The molecule has 40 heavy (non-hydrogen) atoms. The number of sulfone groups is 1. The van der Waals surface area contributed by atoms with Crippen molar-refractivity contribution in [3.63, 3.8) is 0 Å². The van der Waals surface area contributed by atoms with E-state index in [1.165, 1.54) is 18.2 Å². The van der Waals surface area contributed by atoms with E-state index in [1.807, 2.05) is 13.0 Å². The minimum Gasteiger partial charge on any atom is -0.497 e. The van der Waals surface area contributed by atoms with E-state index >= 15 is 0 Å². The maximum atomic E-state index is 13.0. The molecule has 1 fully saturated rings. The minimum absolute atomic E-state index is 0.0913. The lowest BCUT2D eigenvalue weighted by atomic mass is 10.1. The molecule has 12 heteroatoms. The molecule has 10 nitrogen and oxygen atoms in total. The molecule has 0 saturated carbocycles. The lowest BCUT2D eigenvalue weighted by Gasteiger charge is -2.29. The van der Waals surface area contributed by atoms with Crippen molar-refractivity contribution in [1.29, 1.82) is 0 Å². The number of aryl methyl sites for hydroxylation is 1. The van der Waals surface area contributed by atoms with E-state index in [4.69, 9.17) is 19.4 Å². The number of rotatable bonds is 10. The first-order valence-electron chi connectivity index (χ1n) is 13.0. The molecule has 5 rings (SSSR count). The SMILES string of the molecule is COc1ccc(CS(=O)(=O)c2ccc(Sc3nc(Nc4cc(C)[nH]n4)c(OC)c(N4CCCCC4)n3)cc2)cc1. The van der Waals surface area contributed by atoms with E-state index in [0.717, 1.165) is 42.3 Å². The van der Waals surface area contributed by atoms with Gasteiger partial charge in [-0.3, -0.25) is 5.10 Å². The molecular formula is C28H32N6O4S2. The molecule has 0 radical (unpaired) electrons. The van der Waals surface area contributed by atoms with Gasteiger partial charge in [0, 0.05) is 29.7 Å². The second-order valence-electron chi connectivity index (χ2n) is 9.50. The van der Waals surface area contributed by atoms with Crippen molar-refractivity contribution in [2.45, 2.75) is 46.9 Å². The molecule has 3 heterocycles. The van der Waals surface area contributed by atoms with Crippen LogP contribution >= 0.6 is 11.8 Å². The molecule has 0 aliphatic carbocycles. The Morgan fingerprint density at radius 1 is 0.975 bits per heavy atom. The van der Waals surface area contributed by atoms with Crippen molar-refractivity contribution < 1.29 is 17.9 Å². The standard InChI is InChI=1S/C28H32N6O4S2/c1-19-17-24(33-32-19)29-26-25(38-3)27(34-15-5-4-6-16-34)31-28(30-26)39-22-11-13-23(14-12-22)40(35,36)18-20-7-9-21(37-2)10-8-20/h7-14,17H,4-6,15-16,18H2,1-3H3,(H2,29,30,31,32,33). The predicted octanol–water partition coefficient (Wildman–Crippen LogP) is 5.38. The number of piperidine rings is 1. The summed E-state index contributed by atoms with van der Waals surface area (Å²) in [6, 6.07) is 15.7. The number of hydrogen-bond donors (Lipinski definition) is 2. The number of nitrogens with one attached hydrogen (secondary N) is 2. The summed E-state index contributed by atoms with van der Waals surface area (Å²) in [5, 5.41) is 11.0. The Morgan fingerprint density at radius 3 is 2.33 bits per heavy atom. The lowest BCUT2D eigenvalue weighted by Crippen LogP contribution is -2.31. The molecule has 2 aromatic carbocycles. The van der Waals surface area contributed by atoms with Crippen LogP contribution in [-0.2, 0) is 15.6 Å². The fourth-order valence-corrected chi connectivity index (χ4v) is 6.61. The van der Waals surface area contributed by atoms with Crippen molar-refractivity contribution in [1.82, 2.24) is 20.2 Å². The Labute approximate surface area is 238 Å². The highest BCUT2D eigenvalue weighted by Crippen LogP contribution is 2.39. The summed E-state index contributed by atoms with van der Waals surface area (Å²) in [7, 11) is -0.323. The van der Waals surface area contributed by atoms with Gasteiger partial charge in [0.25, 0.3) is 0 Å². The van der Waals surface area contributed by atoms with Crippen LogP contribution in [0.3, 0.4) is 0 Å². The summed E-state index contributed by atoms with van der Waals surface area (Å²) in [5.74, 6) is 3.03. The van der Waals surface area contributed by atoms with Gasteiger partial charge in [-0.1, -0.05) is 12.1 Å². The Balaban J connectivity index is 1.40. The molecule has 1 aliphatic heterocycles. The van der Waals surface area contributed by atoms with Crippen LogP contribution in [0.1, 0.15) is 30.5 Å². The van der Waals surface area contributed by atoms with Gasteiger partial charge < -0.3 is 19.7 Å². The number of benzene rings is 2. The summed E-state index contributed by atoms with van der Waals surface area (Å²) in [6.45, 7) is 3.70. The molecular weight excluding hydrogens is 548 g/mol. The van der Waals surface area contributed by atoms with E-state index in [2.05, 4.69) is 20.4 Å². The highest BCUT2D eigenvalue weighted by Gasteiger charge is 2.23. The normalized spacial score (nSPS) is 13.7. The predicted molar refractivity (Wildman–Crippen MR) is 156 cm³/mol. The largest absolute Gasteiger partial charge is 0.497 e. The van der Waals surface area contributed by atoms with Crippen molar-refractivity contribution in [3.05, 3.63) is 65.9 Å². The quantitative estimate of drug-likeness (QED) is 0.236. The number of H-pyrrole nitrogens is 1. The number of methoxy groups -OCH3 is 2. The highest BCUT2D eigenvalue weighted by atomic mass is 32.2. The first-order valence-corrected chi connectivity index (χ1v) is 15.4. The first-order chi connectivity index (χ1) is 19.3. The van der Waals surface area contributed by atoms with Crippen molar-refractivity contribution >= 4 is 39.1 Å². The van der Waals surface area contributed by atoms with E-state index in [9.17, 15) is 8.42 Å². The molecule has 0 bridgehead atoms. The van der Waals surface area contributed by atoms with E-state index in [-0.39, 0.29) is 10.6 Å². The molecule has 1 saturated heterocycles. The van der Waals surface area contributed by atoms with Crippen molar-refractivity contribution in [2.24, 2.45) is 0 Å². The first kappa shape index (κ1) is 27.8. The summed E-state index contributed by atoms with van der Waals surface area (Å²) in [5.41, 5.74) is 1.62. The number of aromatic amines is 1. The Hall–Kier alpha value is -3.77. The van der Waals surface area contributed by atoms with Crippen LogP contribution in [0.25, 0.3) is 0 Å². The van der Waals surface area contributed by atoms with Gasteiger partial charge in [0.1, 0.15) is 5.75 Å². The fraction of sp³-hybridized carbons (Fsp3) is 0.321. The van der Waals surface area contributed by atoms with Crippen LogP contribution in [-0.4, -0.2) is 55.9 Å². The Morgan fingerprint density at radius 2 is 1.70 bits per heavy atom. The van der Waals surface area contributed by atoms with E-state index in [1.54, 1.807) is 62.8 Å². The lowest BCUT2D eigenvalue weighted by molar-refractivity contribution is 0.409. The van der Waals surface area contributed by atoms with Crippen molar-refractivity contribution in [2.75, 3.05) is 37.5 Å². The summed E-state index contributed by atoms with van der Waals surface area (Å²) < 4.78 is 37.0. The zero-order valence-corrected chi connectivity index (χ0v) is 24.3. The third-order valence-electron chi connectivity index (χ3n) is 6.55. The van der Waals surface area contributed by atoms with E-state index in [0.29, 0.717) is 33.9 Å². The monoisotopic (exact) mass is 580 g/mol. The average Bonchev–Trinajstić information content (AvgIpc) is 3.38. The Bertz CT molecular complexity index is 1550. The van der Waals surface area contributed by atoms with Crippen LogP contribution < -0.4 is 19.7 Å². The summed E-state index contributed by atoms with van der Waals surface area (Å²) in [6.07, 6.45) is 3.36. The smallest absolute Gasteiger partial charge is 0.204 e. The minimum atomic E-state index is -3.52. The van der Waals surface area contributed by atoms with Crippen LogP contribution in [0.15, 0.2) is 69.5 Å². The van der Waals surface area contributed by atoms with Crippen LogP contribution in [0.4, 0.5) is 17.5 Å². The third kappa shape index (κ3) is 6.50. The van der Waals surface area contributed by atoms with Crippen LogP contribution in [0.2, 0.25) is 0 Å². The molecule has 2 aromatic heterocycles. The molecule has 0 spiro atoms. The van der Waals surface area contributed by atoms with Gasteiger partial charge in [-0.25, -0.2) is 18.4 Å². The zero-order valence-electron chi connectivity index (χ0n) is 22.7. The molecule has 0 unspecified atom stereocenters. The molecule has 0 atom stereocenters. The number of hydrogen-bond acceptors (Lipinski definition) is 10. The number of nitrogens with zero attached hydrogens (tertiary/aromatic N) is 4. The molecule has 1 aliphatic rings. The number of anilines is 3. The van der Waals surface area contributed by atoms with Crippen LogP contribution in [0.5, 0.6) is 11.5 Å². The maximum absolute atomic E-state index is 13.0. The molecule has 210 valence electrons. The highest BCUT2D eigenvalue weighted by molar-refractivity contribution is 7.99. The van der Waals surface area contributed by atoms with Crippen LogP contribution in [0, 0.1) is 6.92 Å². The molecule has 2 N–H and O–H groups in total. The molecule has 4 aromatic rings. The van der Waals surface area contributed by atoms with Gasteiger partial charge in [0.15, 0.2) is 32.4 Å². The van der Waals surface area contributed by atoms with E-state index < -0.39 is 9.84 Å². The average molecular weight is 581 g/mol. The topological polar surface area (TPSA) is 122 Å². The van der Waals surface area contributed by atoms with Gasteiger partial charge in [-0.05, 0) is 79.9 Å². The van der Waals surface area contributed by atoms with Gasteiger partial charge >= 0.3 is 0 Å². The maximum Gasteiger partial charge on any atom is 0.204 e. The second-order valence-corrected chi connectivity index (χ2v) is 12.5. The number of aromatic nitrogens is 4. The van der Waals surface area contributed by atoms with Gasteiger partial charge in [0.05, 0.1) is 24.9 Å². The van der Waals surface area contributed by atoms with Gasteiger partial charge in [-0.15, -0.1) is 0 Å². The summed E-state index contributed by atoms with van der Waals surface area (Å²) >= 11 is 1.36. The third-order valence-corrected chi connectivity index (χ3v) is 9.12. The fourth-order valence-electron chi connectivity index (χ4n) is 4.51.